The quantitative estimate of drug-likeness (QED) is 0.250. The van der Waals surface area contributed by atoms with E-state index in [4.69, 9.17) is 0 Å². The van der Waals surface area contributed by atoms with E-state index in [9.17, 15) is 24.0 Å². The van der Waals surface area contributed by atoms with E-state index in [1.54, 1.807) is 48.5 Å². The molecule has 0 N–H and O–H groups in total. The lowest BCUT2D eigenvalue weighted by atomic mass is 9.85. The number of benzene rings is 2. The highest BCUT2D eigenvalue weighted by atomic mass is 16.2. The van der Waals surface area contributed by atoms with E-state index in [1.807, 2.05) is 6.07 Å². The summed E-state index contributed by atoms with van der Waals surface area (Å²) in [6.07, 6.45) is 13.1. The number of nitrogens with zero attached hydrogens (tertiary/aromatic N) is 2. The molecule has 40 heavy (non-hydrogen) atoms. The molecule has 2 saturated carbocycles. The number of hydrogen-bond donors (Lipinski definition) is 0. The third-order valence-electron chi connectivity index (χ3n) is 9.89. The van der Waals surface area contributed by atoms with Gasteiger partial charge in [0.05, 0.1) is 35.0 Å². The summed E-state index contributed by atoms with van der Waals surface area (Å²) >= 11 is 0. The third-order valence-corrected chi connectivity index (χ3v) is 9.89. The van der Waals surface area contributed by atoms with Crippen LogP contribution >= 0.6 is 0 Å². The number of carbonyl (C=O) groups is 5. The van der Waals surface area contributed by atoms with Crippen LogP contribution in [0.2, 0.25) is 0 Å². The van der Waals surface area contributed by atoms with Gasteiger partial charge in [-0.15, -0.1) is 0 Å². The first-order chi connectivity index (χ1) is 19.4. The van der Waals surface area contributed by atoms with Gasteiger partial charge in [0.15, 0.2) is 5.78 Å². The summed E-state index contributed by atoms with van der Waals surface area (Å²) in [7, 11) is 0. The van der Waals surface area contributed by atoms with Gasteiger partial charge >= 0.3 is 0 Å². The molecule has 0 spiro atoms. The largest absolute Gasteiger partial charge is 0.289 e. The zero-order valence-electron chi connectivity index (χ0n) is 21.6. The number of imide groups is 2. The van der Waals surface area contributed by atoms with Gasteiger partial charge in [0.25, 0.3) is 0 Å². The second-order valence-corrected chi connectivity index (χ2v) is 11.9. The zero-order valence-corrected chi connectivity index (χ0v) is 21.6. The Morgan fingerprint density at radius 2 is 1.07 bits per heavy atom. The number of carbonyl (C=O) groups excluding carboxylic acids is 5. The molecule has 4 amide bonds. The van der Waals surface area contributed by atoms with Crippen molar-refractivity contribution in [1.29, 1.82) is 0 Å². The van der Waals surface area contributed by atoms with Crippen molar-refractivity contribution in [1.82, 2.24) is 0 Å². The average molecular weight is 531 g/mol. The number of rotatable bonds is 5. The molecule has 2 aromatic carbocycles. The number of anilines is 2. The van der Waals surface area contributed by atoms with Crippen molar-refractivity contribution in [2.45, 2.75) is 12.8 Å². The smallest absolute Gasteiger partial charge is 0.238 e. The number of amides is 4. The molecule has 8 rings (SSSR count). The van der Waals surface area contributed by atoms with E-state index in [-0.39, 0.29) is 76.8 Å². The first-order valence-corrected chi connectivity index (χ1v) is 14.0. The number of allylic oxidation sites excluding steroid dienone is 5. The summed E-state index contributed by atoms with van der Waals surface area (Å²) in [5, 5.41) is 0. The Bertz CT molecular complexity index is 1570. The highest BCUT2D eigenvalue weighted by Crippen LogP contribution is 2.54. The first kappa shape index (κ1) is 23.5. The number of ketones is 1. The third kappa shape index (κ3) is 3.14. The van der Waals surface area contributed by atoms with Crippen LogP contribution in [0.1, 0.15) is 28.8 Å². The number of hydrogen-bond acceptors (Lipinski definition) is 5. The van der Waals surface area contributed by atoms with Gasteiger partial charge < -0.3 is 0 Å². The van der Waals surface area contributed by atoms with Crippen LogP contribution in [0.5, 0.6) is 0 Å². The van der Waals surface area contributed by atoms with Crippen LogP contribution in [0, 0.1) is 47.3 Å². The Hall–Kier alpha value is -4.39. The van der Waals surface area contributed by atoms with Crippen molar-refractivity contribution in [3.05, 3.63) is 90.0 Å². The minimum absolute atomic E-state index is 0.123. The molecule has 8 atom stereocenters. The Labute approximate surface area is 230 Å². The molecule has 2 aliphatic heterocycles. The van der Waals surface area contributed by atoms with Crippen LogP contribution < -0.4 is 9.80 Å². The van der Waals surface area contributed by atoms with E-state index in [0.717, 1.165) is 12.8 Å². The maximum absolute atomic E-state index is 13.2. The normalized spacial score (nSPS) is 34.7. The van der Waals surface area contributed by atoms with Crippen molar-refractivity contribution >= 4 is 46.9 Å². The summed E-state index contributed by atoms with van der Waals surface area (Å²) in [5.41, 5.74) is 1.98. The van der Waals surface area contributed by atoms with Gasteiger partial charge in [0.1, 0.15) is 0 Å². The lowest BCUT2D eigenvalue weighted by Gasteiger charge is -2.18. The van der Waals surface area contributed by atoms with Crippen LogP contribution in [0.25, 0.3) is 6.08 Å². The van der Waals surface area contributed by atoms with Gasteiger partial charge in [0, 0.05) is 5.56 Å². The minimum Gasteiger partial charge on any atom is -0.289 e. The molecule has 198 valence electrons. The molecule has 2 saturated heterocycles. The van der Waals surface area contributed by atoms with Gasteiger partial charge in [-0.05, 0) is 72.4 Å². The standard InChI is InChI=1S/C33H26N2O5/c36-25(18-4-2-6-24(16-18)35-32(39)28-21-10-11-22(15-21)29(28)33(35)40)12-7-17-3-1-5-23(13-17)34-30(37)26-19-8-9-20(14-19)27(26)31(34)38/h1-13,16,19-22,26-29H,14-15H2/b12-7+/t19-,20-,21-,22-,26-,27+,28-,29-/m0/s1. The average Bonchev–Trinajstić information content (AvgIpc) is 3.80. The van der Waals surface area contributed by atoms with Gasteiger partial charge in [0.2, 0.25) is 23.6 Å². The molecule has 4 fully saturated rings. The van der Waals surface area contributed by atoms with E-state index in [0.29, 0.717) is 22.5 Å². The second kappa shape index (κ2) is 8.31. The fourth-order valence-electron chi connectivity index (χ4n) is 8.15. The van der Waals surface area contributed by atoms with E-state index in [1.165, 1.54) is 15.9 Å². The summed E-state index contributed by atoms with van der Waals surface area (Å²) < 4.78 is 0. The topological polar surface area (TPSA) is 91.8 Å². The van der Waals surface area contributed by atoms with E-state index >= 15 is 0 Å². The Balaban J connectivity index is 1.01. The van der Waals surface area contributed by atoms with Crippen molar-refractivity contribution in [3.63, 3.8) is 0 Å². The van der Waals surface area contributed by atoms with E-state index in [2.05, 4.69) is 24.3 Å². The fraction of sp³-hybridized carbons (Fsp3) is 0.303. The molecule has 0 radical (unpaired) electrons. The molecule has 0 unspecified atom stereocenters. The van der Waals surface area contributed by atoms with Gasteiger partial charge in [-0.2, -0.15) is 0 Å². The minimum atomic E-state index is -0.297. The molecule has 2 aromatic rings. The molecule has 4 bridgehead atoms. The highest BCUT2D eigenvalue weighted by Gasteiger charge is 2.60. The maximum atomic E-state index is 13.2. The van der Waals surface area contributed by atoms with Gasteiger partial charge in [-0.1, -0.05) is 54.6 Å². The zero-order chi connectivity index (χ0) is 27.3. The monoisotopic (exact) mass is 530 g/mol. The van der Waals surface area contributed by atoms with Crippen molar-refractivity contribution < 1.29 is 24.0 Å². The van der Waals surface area contributed by atoms with Crippen molar-refractivity contribution in [2.24, 2.45) is 47.3 Å². The summed E-state index contributed by atoms with van der Waals surface area (Å²) in [6, 6.07) is 13.7. The van der Waals surface area contributed by atoms with Gasteiger partial charge in [-0.3, -0.25) is 24.0 Å². The van der Waals surface area contributed by atoms with E-state index < -0.39 is 0 Å². The molecule has 0 aromatic heterocycles. The second-order valence-electron chi connectivity index (χ2n) is 11.9. The van der Waals surface area contributed by atoms with Crippen molar-refractivity contribution in [2.75, 3.05) is 9.80 Å². The summed E-state index contributed by atoms with van der Waals surface area (Å²) in [5.74, 6) is -1.51. The van der Waals surface area contributed by atoms with Crippen LogP contribution in [-0.2, 0) is 19.2 Å². The SMILES string of the molecule is O=C(/C=C/c1cccc(N2C(=O)[C@@H]3[C@H](C2=O)[C@H]2C=C[C@H]3C2)c1)c1cccc(N2C(=O)[C@@H]3[C@@H](C2=O)[C@H]2C=C[C@H]3C2)c1. The lowest BCUT2D eigenvalue weighted by Crippen LogP contribution is -2.32. The Morgan fingerprint density at radius 3 is 1.57 bits per heavy atom. The highest BCUT2D eigenvalue weighted by molar-refractivity contribution is 6.24. The van der Waals surface area contributed by atoms with Gasteiger partial charge in [-0.25, -0.2) is 9.80 Å². The Morgan fingerprint density at radius 1 is 0.625 bits per heavy atom. The first-order valence-electron chi connectivity index (χ1n) is 14.0. The molecule has 4 aliphatic carbocycles. The van der Waals surface area contributed by atoms with Crippen LogP contribution in [0.3, 0.4) is 0 Å². The molecule has 7 heteroatoms. The molecule has 7 nitrogen and oxygen atoms in total. The fourth-order valence-corrected chi connectivity index (χ4v) is 8.15. The molecule has 6 aliphatic rings. The van der Waals surface area contributed by atoms with Crippen LogP contribution in [-0.4, -0.2) is 29.4 Å². The summed E-state index contributed by atoms with van der Waals surface area (Å²) in [4.78, 5) is 68.4. The number of fused-ring (bicyclic) bond motifs is 10. The molecular weight excluding hydrogens is 504 g/mol. The van der Waals surface area contributed by atoms with Crippen molar-refractivity contribution in [3.8, 4) is 0 Å². The van der Waals surface area contributed by atoms with Crippen LogP contribution in [0.15, 0.2) is 78.9 Å². The molecular formula is C33H26N2O5. The lowest BCUT2D eigenvalue weighted by molar-refractivity contribution is -0.124. The van der Waals surface area contributed by atoms with Crippen LogP contribution in [0.4, 0.5) is 11.4 Å². The Kier molecular flexibility index (Phi) is 4.88. The molecule has 2 heterocycles. The summed E-state index contributed by atoms with van der Waals surface area (Å²) in [6.45, 7) is 0. The predicted molar refractivity (Wildman–Crippen MR) is 147 cm³/mol. The predicted octanol–water partition coefficient (Wildman–Crippen LogP) is 4.21. The maximum Gasteiger partial charge on any atom is 0.238 e.